The first-order valence-electron chi connectivity index (χ1n) is 16.2. The zero-order valence-corrected chi connectivity index (χ0v) is 26.6. The minimum atomic E-state index is -0.109. The Kier molecular flexibility index (Phi) is 12.4. The van der Waals surface area contributed by atoms with Gasteiger partial charge in [0.15, 0.2) is 17.5 Å². The average Bonchev–Trinajstić information content (AvgIpc) is 3.05. The second-order valence-corrected chi connectivity index (χ2v) is 11.5. The van der Waals surface area contributed by atoms with Crippen LogP contribution in [0.15, 0.2) is 66.7 Å². The first-order chi connectivity index (χ1) is 21.4. The van der Waals surface area contributed by atoms with Gasteiger partial charge < -0.3 is 19.7 Å². The van der Waals surface area contributed by atoms with Crippen molar-refractivity contribution in [3.63, 3.8) is 0 Å². The Balaban J connectivity index is 1.59. The van der Waals surface area contributed by atoms with E-state index in [1.807, 2.05) is 48.5 Å². The summed E-state index contributed by atoms with van der Waals surface area (Å²) in [4.78, 5) is 14.2. The fourth-order valence-corrected chi connectivity index (χ4v) is 5.09. The lowest BCUT2D eigenvalue weighted by Crippen LogP contribution is -2.11. The van der Waals surface area contributed by atoms with Gasteiger partial charge in [0.05, 0.1) is 18.8 Å². The van der Waals surface area contributed by atoms with Crippen molar-refractivity contribution in [2.45, 2.75) is 79.1 Å². The Morgan fingerprint density at radius 2 is 1.05 bits per heavy atom. The van der Waals surface area contributed by atoms with Crippen LogP contribution in [0.3, 0.4) is 0 Å². The predicted molar refractivity (Wildman–Crippen MR) is 177 cm³/mol. The number of nitrogens with zero attached hydrogens (tertiary/aromatic N) is 3. The van der Waals surface area contributed by atoms with Gasteiger partial charge in [0.25, 0.3) is 0 Å². The molecular formula is C37H47N3O4. The number of aromatic hydroxyl groups is 2. The topological polar surface area (TPSA) is 97.6 Å². The van der Waals surface area contributed by atoms with Crippen LogP contribution in [0.2, 0.25) is 0 Å². The van der Waals surface area contributed by atoms with Crippen molar-refractivity contribution in [1.29, 1.82) is 0 Å². The molecular weight excluding hydrogens is 550 g/mol. The Morgan fingerprint density at radius 1 is 0.591 bits per heavy atom. The van der Waals surface area contributed by atoms with Crippen LogP contribution in [0.4, 0.5) is 0 Å². The van der Waals surface area contributed by atoms with Crippen molar-refractivity contribution in [3.8, 4) is 57.2 Å². The number of hydrogen-bond acceptors (Lipinski definition) is 7. The Labute approximate surface area is 262 Å². The molecule has 1 heterocycles. The number of hydrogen-bond donors (Lipinski definition) is 2. The van der Waals surface area contributed by atoms with Gasteiger partial charge in [-0.3, -0.25) is 0 Å². The minimum absolute atomic E-state index is 0.0352. The number of aromatic nitrogens is 3. The highest BCUT2D eigenvalue weighted by Gasteiger charge is 2.16. The molecule has 0 amide bonds. The number of phenols is 2. The molecule has 0 aliphatic rings. The molecule has 1 aromatic heterocycles. The molecule has 7 nitrogen and oxygen atoms in total. The molecule has 4 aromatic rings. The maximum atomic E-state index is 10.6. The van der Waals surface area contributed by atoms with E-state index in [4.69, 9.17) is 24.4 Å². The maximum Gasteiger partial charge on any atom is 0.167 e. The van der Waals surface area contributed by atoms with Gasteiger partial charge in [0.2, 0.25) is 0 Å². The van der Waals surface area contributed by atoms with Crippen LogP contribution in [-0.4, -0.2) is 38.4 Å². The summed E-state index contributed by atoms with van der Waals surface area (Å²) in [5.41, 5.74) is 2.01. The summed E-state index contributed by atoms with van der Waals surface area (Å²) in [5.74, 6) is 3.83. The second-order valence-electron chi connectivity index (χ2n) is 11.5. The van der Waals surface area contributed by atoms with Crippen LogP contribution in [0, 0.1) is 11.8 Å². The summed E-state index contributed by atoms with van der Waals surface area (Å²) in [5, 5.41) is 20.4. The Morgan fingerprint density at radius 3 is 1.45 bits per heavy atom. The van der Waals surface area contributed by atoms with Gasteiger partial charge in [0.1, 0.15) is 23.0 Å². The highest BCUT2D eigenvalue weighted by atomic mass is 16.5. The van der Waals surface area contributed by atoms with Crippen LogP contribution in [0.25, 0.3) is 34.2 Å². The molecule has 0 bridgehead atoms. The summed E-state index contributed by atoms with van der Waals surface area (Å²) >= 11 is 0. The third-order valence-electron chi connectivity index (χ3n) is 8.14. The summed E-state index contributed by atoms with van der Waals surface area (Å²) in [6, 6.07) is 19.9. The first-order valence-corrected chi connectivity index (χ1v) is 16.2. The molecule has 0 aliphatic carbocycles. The van der Waals surface area contributed by atoms with Gasteiger partial charge in [-0.2, -0.15) is 0 Å². The quantitative estimate of drug-likeness (QED) is 0.125. The number of rotatable bonds is 17. The van der Waals surface area contributed by atoms with Gasteiger partial charge in [-0.1, -0.05) is 66.2 Å². The minimum Gasteiger partial charge on any atom is -0.508 e. The van der Waals surface area contributed by atoms with Gasteiger partial charge in [-0.15, -0.1) is 0 Å². The summed E-state index contributed by atoms with van der Waals surface area (Å²) in [6.45, 7) is 10.3. The highest BCUT2D eigenvalue weighted by Crippen LogP contribution is 2.33. The fraction of sp³-hybridized carbons (Fsp3) is 0.432. The molecule has 2 unspecified atom stereocenters. The molecule has 0 spiro atoms. The van der Waals surface area contributed by atoms with Crippen molar-refractivity contribution in [2.75, 3.05) is 13.2 Å². The monoisotopic (exact) mass is 597 g/mol. The van der Waals surface area contributed by atoms with Crippen molar-refractivity contribution in [2.24, 2.45) is 11.8 Å². The molecule has 44 heavy (non-hydrogen) atoms. The largest absolute Gasteiger partial charge is 0.508 e. The molecule has 2 N–H and O–H groups in total. The van der Waals surface area contributed by atoms with E-state index in [0.717, 1.165) is 35.5 Å². The van der Waals surface area contributed by atoms with E-state index >= 15 is 0 Å². The third-order valence-corrected chi connectivity index (χ3v) is 8.14. The standard InChI is InChI=1S/C37H47N3O4/c1-5-9-11-26(7-3)24-43-31-18-13-28(14-19-31)35-38-36(40-37(39-35)33-22-17-30(41)23-34(33)42)29-15-20-32(21-16-29)44-25-27(8-4)12-10-6-2/h13-23,26-27,41-42H,5-12,24-25H2,1-4H3. The molecule has 7 heteroatoms. The van der Waals surface area contributed by atoms with Crippen molar-refractivity contribution < 1.29 is 19.7 Å². The van der Waals surface area contributed by atoms with Crippen molar-refractivity contribution >= 4 is 0 Å². The molecule has 0 saturated carbocycles. The number of phenolic OH excluding ortho intramolecular Hbond substituents is 2. The van der Waals surface area contributed by atoms with Gasteiger partial charge in [-0.25, -0.2) is 15.0 Å². The maximum absolute atomic E-state index is 10.6. The van der Waals surface area contributed by atoms with Crippen molar-refractivity contribution in [1.82, 2.24) is 15.0 Å². The molecule has 234 valence electrons. The van der Waals surface area contributed by atoms with Gasteiger partial charge >= 0.3 is 0 Å². The molecule has 2 atom stereocenters. The lowest BCUT2D eigenvalue weighted by Gasteiger charge is -2.16. The molecule has 0 radical (unpaired) electrons. The molecule has 0 saturated heterocycles. The SMILES string of the molecule is CCCCC(CC)COc1ccc(-c2nc(-c3ccc(OCC(CC)CCCC)cc3)nc(-c3ccc(O)cc3O)n2)cc1. The summed E-state index contributed by atoms with van der Waals surface area (Å²) in [7, 11) is 0. The Hall–Kier alpha value is -4.13. The lowest BCUT2D eigenvalue weighted by atomic mass is 10.0. The van der Waals surface area contributed by atoms with Crippen LogP contribution < -0.4 is 9.47 Å². The number of unbranched alkanes of at least 4 members (excludes halogenated alkanes) is 2. The predicted octanol–water partition coefficient (Wildman–Crippen LogP) is 9.47. The van der Waals surface area contributed by atoms with E-state index in [1.165, 1.54) is 50.7 Å². The van der Waals surface area contributed by atoms with E-state index in [9.17, 15) is 10.2 Å². The fourth-order valence-electron chi connectivity index (χ4n) is 5.09. The number of benzene rings is 3. The third kappa shape index (κ3) is 9.18. The molecule has 0 aliphatic heterocycles. The van der Waals surface area contributed by atoms with E-state index in [-0.39, 0.29) is 11.5 Å². The molecule has 4 rings (SSSR count). The van der Waals surface area contributed by atoms with Gasteiger partial charge in [-0.05, 0) is 85.3 Å². The van der Waals surface area contributed by atoms with Crippen LogP contribution in [-0.2, 0) is 0 Å². The average molecular weight is 598 g/mol. The summed E-state index contributed by atoms with van der Waals surface area (Å²) in [6.07, 6.45) is 9.38. The summed E-state index contributed by atoms with van der Waals surface area (Å²) < 4.78 is 12.2. The zero-order chi connectivity index (χ0) is 31.3. The zero-order valence-electron chi connectivity index (χ0n) is 26.6. The Bertz CT molecular complexity index is 1360. The normalized spacial score (nSPS) is 12.5. The van der Waals surface area contributed by atoms with Crippen LogP contribution >= 0.6 is 0 Å². The van der Waals surface area contributed by atoms with Crippen LogP contribution in [0.5, 0.6) is 23.0 Å². The second kappa shape index (κ2) is 16.6. The van der Waals surface area contributed by atoms with Gasteiger partial charge in [0, 0.05) is 17.2 Å². The highest BCUT2D eigenvalue weighted by molar-refractivity contribution is 5.70. The van der Waals surface area contributed by atoms with E-state index in [0.29, 0.717) is 48.1 Å². The van der Waals surface area contributed by atoms with Crippen molar-refractivity contribution in [3.05, 3.63) is 66.7 Å². The van der Waals surface area contributed by atoms with Crippen LogP contribution in [0.1, 0.15) is 79.1 Å². The molecule has 0 fully saturated rings. The van der Waals surface area contributed by atoms with E-state index in [1.54, 1.807) is 6.07 Å². The first kappa shape index (κ1) is 32.8. The lowest BCUT2D eigenvalue weighted by molar-refractivity contribution is 0.233. The molecule has 3 aromatic carbocycles. The smallest absolute Gasteiger partial charge is 0.167 e. The van der Waals surface area contributed by atoms with E-state index in [2.05, 4.69) is 27.7 Å². The number of ether oxygens (including phenoxy) is 2. The van der Waals surface area contributed by atoms with E-state index < -0.39 is 0 Å².